The number of hydrogen-bond acceptors (Lipinski definition) is 7. The Kier molecular flexibility index (Phi) is 4.93. The van der Waals surface area contributed by atoms with Gasteiger partial charge < -0.3 is 20.7 Å². The van der Waals surface area contributed by atoms with Gasteiger partial charge in [-0.2, -0.15) is 0 Å². The van der Waals surface area contributed by atoms with Crippen molar-refractivity contribution < 1.29 is 9.53 Å². The fourth-order valence-electron chi connectivity index (χ4n) is 2.37. The fraction of sp³-hybridized carbons (Fsp3) is 0.111. The predicted molar refractivity (Wildman–Crippen MR) is 99.1 cm³/mol. The number of hydrogen-bond donors (Lipinski definition) is 2. The van der Waals surface area contributed by atoms with Crippen LogP contribution < -0.4 is 20.7 Å². The van der Waals surface area contributed by atoms with Gasteiger partial charge in [0.25, 0.3) is 5.91 Å². The van der Waals surface area contributed by atoms with Crippen molar-refractivity contribution in [3.63, 3.8) is 0 Å². The predicted octanol–water partition coefficient (Wildman–Crippen LogP) is 2.49. The molecule has 3 rings (SSSR count). The molecule has 0 bridgehead atoms. The molecule has 0 aliphatic rings. The summed E-state index contributed by atoms with van der Waals surface area (Å²) in [6, 6.07) is 10.9. The molecule has 0 fully saturated rings. The van der Waals surface area contributed by atoms with Crippen LogP contribution in [0.5, 0.6) is 5.75 Å². The second kappa shape index (κ2) is 7.47. The van der Waals surface area contributed by atoms with Crippen molar-refractivity contribution in [1.82, 2.24) is 15.0 Å². The highest BCUT2D eigenvalue weighted by atomic mass is 16.5. The number of rotatable bonds is 6. The highest BCUT2D eigenvalue weighted by Crippen LogP contribution is 2.28. The Labute approximate surface area is 150 Å². The number of amides is 1. The SMILES string of the molecule is COc1ccc(Nc2cc(N(C)c3ncccn3)c(C(N)=O)cn2)cc1. The normalized spacial score (nSPS) is 10.2. The van der Waals surface area contributed by atoms with E-state index in [-0.39, 0.29) is 5.56 Å². The zero-order valence-corrected chi connectivity index (χ0v) is 14.4. The molecule has 0 saturated heterocycles. The van der Waals surface area contributed by atoms with E-state index >= 15 is 0 Å². The molecule has 3 aromatic rings. The average molecular weight is 350 g/mol. The molecule has 0 aliphatic heterocycles. The van der Waals surface area contributed by atoms with Crippen LogP contribution in [-0.2, 0) is 0 Å². The average Bonchev–Trinajstić information content (AvgIpc) is 2.68. The van der Waals surface area contributed by atoms with Crippen molar-refractivity contribution >= 4 is 29.0 Å². The summed E-state index contributed by atoms with van der Waals surface area (Å²) in [6.07, 6.45) is 4.68. The molecule has 2 heterocycles. The van der Waals surface area contributed by atoms with E-state index in [9.17, 15) is 4.79 Å². The summed E-state index contributed by atoms with van der Waals surface area (Å²) < 4.78 is 5.15. The number of primary amides is 1. The van der Waals surface area contributed by atoms with Gasteiger partial charge in [-0.1, -0.05) is 0 Å². The van der Waals surface area contributed by atoms with Gasteiger partial charge in [-0.05, 0) is 30.3 Å². The minimum absolute atomic E-state index is 0.278. The lowest BCUT2D eigenvalue weighted by Crippen LogP contribution is -2.20. The summed E-state index contributed by atoms with van der Waals surface area (Å²) in [5.74, 6) is 1.18. The molecule has 0 radical (unpaired) electrons. The number of carbonyl (C=O) groups is 1. The van der Waals surface area contributed by atoms with Gasteiger partial charge in [-0.25, -0.2) is 15.0 Å². The topological polar surface area (TPSA) is 106 Å². The Morgan fingerprint density at radius 2 is 1.85 bits per heavy atom. The van der Waals surface area contributed by atoms with Crippen LogP contribution in [0, 0.1) is 0 Å². The molecule has 26 heavy (non-hydrogen) atoms. The van der Waals surface area contributed by atoms with E-state index < -0.39 is 5.91 Å². The molecule has 0 aliphatic carbocycles. The van der Waals surface area contributed by atoms with Crippen molar-refractivity contribution in [1.29, 1.82) is 0 Å². The number of anilines is 4. The maximum atomic E-state index is 11.8. The first-order chi connectivity index (χ1) is 12.6. The molecule has 1 aromatic carbocycles. The van der Waals surface area contributed by atoms with Gasteiger partial charge in [0.1, 0.15) is 11.6 Å². The minimum Gasteiger partial charge on any atom is -0.497 e. The van der Waals surface area contributed by atoms with E-state index in [4.69, 9.17) is 10.5 Å². The van der Waals surface area contributed by atoms with Gasteiger partial charge in [0, 0.05) is 37.4 Å². The first kappa shape index (κ1) is 17.2. The van der Waals surface area contributed by atoms with Crippen LogP contribution in [0.4, 0.5) is 23.1 Å². The lowest BCUT2D eigenvalue weighted by molar-refractivity contribution is 0.100. The molecule has 0 saturated carbocycles. The van der Waals surface area contributed by atoms with Crippen molar-refractivity contribution in [2.45, 2.75) is 0 Å². The zero-order valence-electron chi connectivity index (χ0n) is 14.4. The zero-order chi connectivity index (χ0) is 18.5. The number of carbonyl (C=O) groups excluding carboxylic acids is 1. The first-order valence-electron chi connectivity index (χ1n) is 7.80. The van der Waals surface area contributed by atoms with Crippen molar-refractivity contribution in [2.75, 3.05) is 24.4 Å². The second-order valence-corrected chi connectivity index (χ2v) is 5.41. The maximum Gasteiger partial charge on any atom is 0.252 e. The smallest absolute Gasteiger partial charge is 0.252 e. The molecular weight excluding hydrogens is 332 g/mol. The molecular formula is C18H18N6O2. The van der Waals surface area contributed by atoms with Gasteiger partial charge in [-0.15, -0.1) is 0 Å². The Balaban J connectivity index is 1.94. The van der Waals surface area contributed by atoms with Gasteiger partial charge in [0.2, 0.25) is 5.95 Å². The summed E-state index contributed by atoms with van der Waals surface area (Å²) in [5, 5.41) is 3.18. The number of pyridine rings is 1. The number of nitrogens with two attached hydrogens (primary N) is 1. The highest BCUT2D eigenvalue weighted by molar-refractivity contribution is 5.99. The second-order valence-electron chi connectivity index (χ2n) is 5.41. The summed E-state index contributed by atoms with van der Waals surface area (Å²) in [6.45, 7) is 0. The van der Waals surface area contributed by atoms with Crippen molar-refractivity contribution in [2.24, 2.45) is 5.73 Å². The molecule has 8 heteroatoms. The molecule has 0 spiro atoms. The molecule has 1 amide bonds. The largest absolute Gasteiger partial charge is 0.497 e. The Morgan fingerprint density at radius 1 is 1.15 bits per heavy atom. The van der Waals surface area contributed by atoms with E-state index in [0.29, 0.717) is 17.5 Å². The van der Waals surface area contributed by atoms with Gasteiger partial charge in [0.15, 0.2) is 0 Å². The third-order valence-corrected chi connectivity index (χ3v) is 3.72. The highest BCUT2D eigenvalue weighted by Gasteiger charge is 2.16. The Hall–Kier alpha value is -3.68. The van der Waals surface area contributed by atoms with Crippen LogP contribution in [0.2, 0.25) is 0 Å². The monoisotopic (exact) mass is 350 g/mol. The quantitative estimate of drug-likeness (QED) is 0.703. The Morgan fingerprint density at radius 3 is 2.46 bits per heavy atom. The van der Waals surface area contributed by atoms with Crippen molar-refractivity contribution in [3.05, 3.63) is 60.6 Å². The third-order valence-electron chi connectivity index (χ3n) is 3.72. The molecule has 0 atom stereocenters. The fourth-order valence-corrected chi connectivity index (χ4v) is 2.37. The number of aromatic nitrogens is 3. The summed E-state index contributed by atoms with van der Waals surface area (Å²) in [4.78, 5) is 26.1. The maximum absolute atomic E-state index is 11.8. The molecule has 0 unspecified atom stereocenters. The number of methoxy groups -OCH3 is 1. The number of nitrogens with one attached hydrogen (secondary N) is 1. The van der Waals surface area contributed by atoms with Crippen LogP contribution in [0.15, 0.2) is 55.0 Å². The standard InChI is InChI=1S/C18H18N6O2/c1-24(18-20-8-3-9-21-18)15-10-16(22-11-14(15)17(19)25)23-12-4-6-13(26-2)7-5-12/h3-11H,1-2H3,(H2,19,25)(H,22,23). The molecule has 3 N–H and O–H groups in total. The summed E-state index contributed by atoms with van der Waals surface area (Å²) >= 11 is 0. The van der Waals surface area contributed by atoms with Gasteiger partial charge in [0.05, 0.1) is 18.4 Å². The molecule has 8 nitrogen and oxygen atoms in total. The van der Waals surface area contributed by atoms with Crippen LogP contribution in [0.3, 0.4) is 0 Å². The van der Waals surface area contributed by atoms with Gasteiger partial charge in [-0.3, -0.25) is 4.79 Å². The van der Waals surface area contributed by atoms with E-state index in [1.165, 1.54) is 6.20 Å². The van der Waals surface area contributed by atoms with E-state index in [0.717, 1.165) is 11.4 Å². The minimum atomic E-state index is -0.578. The third kappa shape index (κ3) is 3.69. The number of ether oxygens (including phenoxy) is 1. The summed E-state index contributed by atoms with van der Waals surface area (Å²) in [5.41, 5.74) is 7.14. The van der Waals surface area contributed by atoms with Crippen molar-refractivity contribution in [3.8, 4) is 5.75 Å². The van der Waals surface area contributed by atoms with Crippen LogP contribution in [-0.4, -0.2) is 35.0 Å². The lowest BCUT2D eigenvalue weighted by atomic mass is 10.2. The van der Waals surface area contributed by atoms with Gasteiger partial charge >= 0.3 is 0 Å². The summed E-state index contributed by atoms with van der Waals surface area (Å²) in [7, 11) is 3.37. The van der Waals surface area contributed by atoms with E-state index in [2.05, 4.69) is 20.3 Å². The van der Waals surface area contributed by atoms with Crippen LogP contribution >= 0.6 is 0 Å². The Bertz CT molecular complexity index is 899. The molecule has 132 valence electrons. The lowest BCUT2D eigenvalue weighted by Gasteiger charge is -2.20. The van der Waals surface area contributed by atoms with E-state index in [1.54, 1.807) is 43.6 Å². The first-order valence-corrected chi connectivity index (χ1v) is 7.80. The number of nitrogens with zero attached hydrogens (tertiary/aromatic N) is 4. The van der Waals surface area contributed by atoms with Crippen LogP contribution in [0.1, 0.15) is 10.4 Å². The molecule has 2 aromatic heterocycles. The number of benzene rings is 1. The van der Waals surface area contributed by atoms with Crippen LogP contribution in [0.25, 0.3) is 0 Å². The van der Waals surface area contributed by atoms with E-state index in [1.807, 2.05) is 24.3 Å².